The van der Waals surface area contributed by atoms with Crippen LogP contribution in [0.2, 0.25) is 10.0 Å². The van der Waals surface area contributed by atoms with Crippen molar-refractivity contribution < 1.29 is 9.59 Å². The number of nitrogens with one attached hydrogen (secondary N) is 1. The van der Waals surface area contributed by atoms with Crippen molar-refractivity contribution in [3.63, 3.8) is 0 Å². The third-order valence-corrected chi connectivity index (χ3v) is 3.92. The van der Waals surface area contributed by atoms with Crippen LogP contribution in [0, 0.1) is 11.8 Å². The molecule has 2 amide bonds. The second-order valence-corrected chi connectivity index (χ2v) is 6.48. The van der Waals surface area contributed by atoms with Crippen LogP contribution >= 0.6 is 23.2 Å². The van der Waals surface area contributed by atoms with Crippen molar-refractivity contribution in [1.82, 2.24) is 5.32 Å². The van der Waals surface area contributed by atoms with E-state index in [-0.39, 0.29) is 24.2 Å². The Hall–Kier alpha value is -1.26. The van der Waals surface area contributed by atoms with Crippen LogP contribution < -0.4 is 10.2 Å². The van der Waals surface area contributed by atoms with Gasteiger partial charge in [-0.15, -0.1) is 0 Å². The van der Waals surface area contributed by atoms with E-state index in [4.69, 9.17) is 23.2 Å². The molecule has 0 aliphatic carbocycles. The Bertz CT molecular complexity index is 561. The van der Waals surface area contributed by atoms with Gasteiger partial charge in [-0.25, -0.2) is 0 Å². The van der Waals surface area contributed by atoms with Gasteiger partial charge in [0.25, 0.3) is 0 Å². The molecule has 0 radical (unpaired) electrons. The van der Waals surface area contributed by atoms with Crippen LogP contribution in [0.15, 0.2) is 18.2 Å². The number of rotatable bonds is 4. The fraction of sp³-hybridized carbons (Fsp3) is 0.467. The number of halogens is 2. The molecule has 1 fully saturated rings. The van der Waals surface area contributed by atoms with E-state index in [1.54, 1.807) is 23.1 Å². The van der Waals surface area contributed by atoms with Crippen LogP contribution in [-0.2, 0) is 9.59 Å². The van der Waals surface area contributed by atoms with Crippen molar-refractivity contribution >= 4 is 40.7 Å². The smallest absolute Gasteiger partial charge is 0.227 e. The molecular formula is C15H18Cl2N2O2. The largest absolute Gasteiger partial charge is 0.356 e. The van der Waals surface area contributed by atoms with Gasteiger partial charge in [-0.2, -0.15) is 0 Å². The molecule has 1 N–H and O–H groups in total. The molecule has 0 saturated carbocycles. The van der Waals surface area contributed by atoms with Crippen molar-refractivity contribution in [3.8, 4) is 0 Å². The number of carbonyl (C=O) groups is 2. The SMILES string of the molecule is CC(C)CNC(=O)C1CC(=O)N(c2ccc(Cl)cc2Cl)C1. The van der Waals surface area contributed by atoms with Gasteiger partial charge in [-0.1, -0.05) is 37.0 Å². The van der Waals surface area contributed by atoms with E-state index in [1.807, 2.05) is 13.8 Å². The van der Waals surface area contributed by atoms with Gasteiger partial charge in [-0.3, -0.25) is 9.59 Å². The zero-order valence-corrected chi connectivity index (χ0v) is 13.5. The lowest BCUT2D eigenvalue weighted by Crippen LogP contribution is -2.35. The van der Waals surface area contributed by atoms with Crippen molar-refractivity contribution in [3.05, 3.63) is 28.2 Å². The first kappa shape index (κ1) is 16.1. The first-order valence-electron chi connectivity index (χ1n) is 6.91. The zero-order chi connectivity index (χ0) is 15.6. The molecule has 0 spiro atoms. The summed E-state index contributed by atoms with van der Waals surface area (Å²) in [6.07, 6.45) is 0.211. The number of hydrogen-bond donors (Lipinski definition) is 1. The molecule has 4 nitrogen and oxygen atoms in total. The third-order valence-electron chi connectivity index (χ3n) is 3.38. The highest BCUT2D eigenvalue weighted by Gasteiger charge is 2.35. The molecule has 1 aromatic carbocycles. The normalized spacial score (nSPS) is 18.4. The summed E-state index contributed by atoms with van der Waals surface area (Å²) in [4.78, 5) is 25.7. The number of hydrogen-bond acceptors (Lipinski definition) is 2. The van der Waals surface area contributed by atoms with Gasteiger partial charge >= 0.3 is 0 Å². The minimum atomic E-state index is -0.331. The van der Waals surface area contributed by atoms with Gasteiger partial charge in [-0.05, 0) is 24.1 Å². The Kier molecular flexibility index (Phi) is 5.12. The van der Waals surface area contributed by atoms with Crippen LogP contribution in [0.5, 0.6) is 0 Å². The van der Waals surface area contributed by atoms with Gasteiger partial charge in [0.2, 0.25) is 11.8 Å². The summed E-state index contributed by atoms with van der Waals surface area (Å²) in [6, 6.07) is 4.98. The highest BCUT2D eigenvalue weighted by molar-refractivity contribution is 6.36. The number of benzene rings is 1. The summed E-state index contributed by atoms with van der Waals surface area (Å²) < 4.78 is 0. The van der Waals surface area contributed by atoms with Crippen LogP contribution in [0.3, 0.4) is 0 Å². The van der Waals surface area contributed by atoms with Crippen LogP contribution in [0.25, 0.3) is 0 Å². The first-order valence-corrected chi connectivity index (χ1v) is 7.67. The average Bonchev–Trinajstić information content (AvgIpc) is 2.78. The Morgan fingerprint density at radius 3 is 2.76 bits per heavy atom. The van der Waals surface area contributed by atoms with Crippen LogP contribution in [0.1, 0.15) is 20.3 Å². The quantitative estimate of drug-likeness (QED) is 0.923. The molecule has 1 saturated heterocycles. The second-order valence-electron chi connectivity index (χ2n) is 5.64. The van der Waals surface area contributed by atoms with Gasteiger partial charge in [0.1, 0.15) is 0 Å². The van der Waals surface area contributed by atoms with Gasteiger partial charge < -0.3 is 10.2 Å². The number of anilines is 1. The number of carbonyl (C=O) groups excluding carboxylic acids is 2. The fourth-order valence-corrected chi connectivity index (χ4v) is 2.78. The number of amides is 2. The lowest BCUT2D eigenvalue weighted by Gasteiger charge is -2.18. The molecule has 1 aliphatic heterocycles. The summed E-state index contributed by atoms with van der Waals surface area (Å²) in [6.45, 7) is 5.02. The van der Waals surface area contributed by atoms with E-state index in [0.29, 0.717) is 34.7 Å². The van der Waals surface area contributed by atoms with E-state index in [1.165, 1.54) is 0 Å². The summed E-state index contributed by atoms with van der Waals surface area (Å²) in [5, 5.41) is 3.80. The third kappa shape index (κ3) is 3.89. The minimum Gasteiger partial charge on any atom is -0.356 e. The van der Waals surface area contributed by atoms with E-state index in [2.05, 4.69) is 5.32 Å². The monoisotopic (exact) mass is 328 g/mol. The summed E-state index contributed by atoms with van der Waals surface area (Å²) in [5.74, 6) is -0.121. The van der Waals surface area contributed by atoms with Gasteiger partial charge in [0.05, 0.1) is 16.6 Å². The molecular weight excluding hydrogens is 311 g/mol. The van der Waals surface area contributed by atoms with Crippen molar-refractivity contribution in [1.29, 1.82) is 0 Å². The standard InChI is InChI=1S/C15H18Cl2N2O2/c1-9(2)7-18-15(21)10-5-14(20)19(8-10)13-4-3-11(16)6-12(13)17/h3-4,6,9-10H,5,7-8H2,1-2H3,(H,18,21). The topological polar surface area (TPSA) is 49.4 Å². The average molecular weight is 329 g/mol. The first-order chi connectivity index (χ1) is 9.88. The predicted molar refractivity (Wildman–Crippen MR) is 84.8 cm³/mol. The van der Waals surface area contributed by atoms with Crippen molar-refractivity contribution in [2.24, 2.45) is 11.8 Å². The van der Waals surface area contributed by atoms with E-state index in [0.717, 1.165) is 0 Å². The molecule has 6 heteroatoms. The second kappa shape index (κ2) is 6.67. The number of nitrogens with zero attached hydrogens (tertiary/aromatic N) is 1. The lowest BCUT2D eigenvalue weighted by molar-refractivity contribution is -0.126. The van der Waals surface area contributed by atoms with Gasteiger partial charge in [0, 0.05) is 24.5 Å². The Balaban J connectivity index is 2.07. The molecule has 1 aromatic rings. The Morgan fingerprint density at radius 1 is 1.43 bits per heavy atom. The van der Waals surface area contributed by atoms with Crippen LogP contribution in [-0.4, -0.2) is 24.9 Å². The van der Waals surface area contributed by atoms with E-state index >= 15 is 0 Å². The molecule has 1 unspecified atom stereocenters. The highest BCUT2D eigenvalue weighted by atomic mass is 35.5. The summed E-state index contributed by atoms with van der Waals surface area (Å²) in [7, 11) is 0. The molecule has 1 atom stereocenters. The minimum absolute atomic E-state index is 0.0790. The van der Waals surface area contributed by atoms with Crippen molar-refractivity contribution in [2.45, 2.75) is 20.3 Å². The summed E-state index contributed by atoms with van der Waals surface area (Å²) >= 11 is 12.0. The Labute approximate surface area is 134 Å². The molecule has 2 rings (SSSR count). The maximum Gasteiger partial charge on any atom is 0.227 e. The van der Waals surface area contributed by atoms with E-state index in [9.17, 15) is 9.59 Å². The maximum absolute atomic E-state index is 12.1. The molecule has 114 valence electrons. The zero-order valence-electron chi connectivity index (χ0n) is 12.0. The molecule has 0 aromatic heterocycles. The lowest BCUT2D eigenvalue weighted by atomic mass is 10.1. The van der Waals surface area contributed by atoms with Crippen molar-refractivity contribution in [2.75, 3.05) is 18.0 Å². The fourth-order valence-electron chi connectivity index (χ4n) is 2.27. The molecule has 0 bridgehead atoms. The van der Waals surface area contributed by atoms with Crippen LogP contribution in [0.4, 0.5) is 5.69 Å². The Morgan fingerprint density at radius 2 is 2.14 bits per heavy atom. The molecule has 1 aliphatic rings. The highest BCUT2D eigenvalue weighted by Crippen LogP contribution is 2.33. The molecule has 21 heavy (non-hydrogen) atoms. The predicted octanol–water partition coefficient (Wildman–Crippen LogP) is 3.12. The summed E-state index contributed by atoms with van der Waals surface area (Å²) in [5.41, 5.74) is 0.602. The molecule has 1 heterocycles. The van der Waals surface area contributed by atoms with Gasteiger partial charge in [0.15, 0.2) is 0 Å². The van der Waals surface area contributed by atoms with E-state index < -0.39 is 0 Å². The maximum atomic E-state index is 12.1.